The van der Waals surface area contributed by atoms with E-state index in [4.69, 9.17) is 0 Å². The molecule has 7 heteroatoms. The molecular weight excluding hydrogens is 360 g/mol. The molecule has 27 heavy (non-hydrogen) atoms. The van der Waals surface area contributed by atoms with Gasteiger partial charge in [-0.25, -0.2) is 22.7 Å². The van der Waals surface area contributed by atoms with Crippen LogP contribution in [0.25, 0.3) is 0 Å². The van der Waals surface area contributed by atoms with Gasteiger partial charge in [-0.2, -0.15) is 0 Å². The first kappa shape index (κ1) is 20.5. The van der Waals surface area contributed by atoms with Crippen molar-refractivity contribution in [3.63, 3.8) is 0 Å². The van der Waals surface area contributed by atoms with Crippen LogP contribution in [0, 0.1) is 12.8 Å². The minimum atomic E-state index is -3.14. The lowest BCUT2D eigenvalue weighted by molar-refractivity contribution is 0.269. The number of rotatable bonds is 6. The molecule has 1 atom stereocenters. The van der Waals surface area contributed by atoms with Crippen molar-refractivity contribution in [2.24, 2.45) is 5.92 Å². The van der Waals surface area contributed by atoms with Gasteiger partial charge in [0.15, 0.2) is 0 Å². The number of aryl methyl sites for hydroxylation is 1. The van der Waals surface area contributed by atoms with E-state index in [2.05, 4.69) is 20.9 Å². The van der Waals surface area contributed by atoms with Gasteiger partial charge < -0.3 is 4.90 Å². The highest BCUT2D eigenvalue weighted by molar-refractivity contribution is 7.89. The first-order valence-electron chi connectivity index (χ1n) is 10.5. The average molecular weight is 395 g/mol. The third kappa shape index (κ3) is 4.99. The van der Waals surface area contributed by atoms with Gasteiger partial charge in [-0.3, -0.25) is 0 Å². The van der Waals surface area contributed by atoms with Crippen molar-refractivity contribution in [2.45, 2.75) is 71.0 Å². The summed E-state index contributed by atoms with van der Waals surface area (Å²) in [5.41, 5.74) is 1.10. The number of nitrogens with zero attached hydrogens (tertiary/aromatic N) is 4. The summed E-state index contributed by atoms with van der Waals surface area (Å²) in [6.45, 7) is 9.17. The molecule has 0 aromatic carbocycles. The van der Waals surface area contributed by atoms with E-state index in [1.165, 1.54) is 19.3 Å². The summed E-state index contributed by atoms with van der Waals surface area (Å²) in [4.78, 5) is 11.7. The zero-order chi connectivity index (χ0) is 19.4. The maximum Gasteiger partial charge on any atom is 0.216 e. The van der Waals surface area contributed by atoms with E-state index >= 15 is 0 Å². The van der Waals surface area contributed by atoms with Gasteiger partial charge in [-0.1, -0.05) is 6.92 Å². The maximum absolute atomic E-state index is 12.5. The minimum absolute atomic E-state index is 0.286. The predicted octanol–water partition coefficient (Wildman–Crippen LogP) is 3.16. The number of anilines is 1. The highest BCUT2D eigenvalue weighted by Gasteiger charge is 2.31. The Morgan fingerprint density at radius 2 is 1.78 bits per heavy atom. The van der Waals surface area contributed by atoms with Crippen molar-refractivity contribution in [3.8, 4) is 0 Å². The smallest absolute Gasteiger partial charge is 0.216 e. The van der Waals surface area contributed by atoms with Gasteiger partial charge in [0, 0.05) is 37.9 Å². The van der Waals surface area contributed by atoms with Crippen LogP contribution in [0.5, 0.6) is 0 Å². The minimum Gasteiger partial charge on any atom is -0.357 e. The first-order valence-corrected chi connectivity index (χ1v) is 12.0. The van der Waals surface area contributed by atoms with E-state index < -0.39 is 10.0 Å². The highest BCUT2D eigenvalue weighted by atomic mass is 32.2. The predicted molar refractivity (Wildman–Crippen MR) is 110 cm³/mol. The number of aromatic nitrogens is 2. The Morgan fingerprint density at radius 1 is 1.11 bits per heavy atom. The Bertz CT molecular complexity index is 723. The van der Waals surface area contributed by atoms with E-state index in [0.29, 0.717) is 25.4 Å². The summed E-state index contributed by atoms with van der Waals surface area (Å²) < 4.78 is 26.8. The second kappa shape index (κ2) is 8.86. The number of hydrogen-bond donors (Lipinski definition) is 0. The van der Waals surface area contributed by atoms with Gasteiger partial charge in [0.1, 0.15) is 11.6 Å². The molecule has 3 heterocycles. The zero-order valence-electron chi connectivity index (χ0n) is 17.0. The number of sulfonamides is 1. The van der Waals surface area contributed by atoms with Gasteiger partial charge in [0.05, 0.1) is 5.25 Å². The van der Waals surface area contributed by atoms with Crippen molar-refractivity contribution in [1.29, 1.82) is 0 Å². The highest BCUT2D eigenvalue weighted by Crippen LogP contribution is 2.26. The Kier molecular flexibility index (Phi) is 6.74. The van der Waals surface area contributed by atoms with E-state index in [9.17, 15) is 8.42 Å². The molecule has 0 bridgehead atoms. The molecular formula is C20H34N4O2S. The van der Waals surface area contributed by atoms with Crippen LogP contribution in [0.1, 0.15) is 63.9 Å². The molecule has 2 saturated heterocycles. The van der Waals surface area contributed by atoms with Gasteiger partial charge in [0.2, 0.25) is 10.0 Å². The van der Waals surface area contributed by atoms with Crippen molar-refractivity contribution >= 4 is 15.8 Å². The molecule has 0 amide bonds. The maximum atomic E-state index is 12.5. The van der Waals surface area contributed by atoms with Crippen molar-refractivity contribution in [2.75, 3.05) is 31.1 Å². The Balaban J connectivity index is 1.61. The summed E-state index contributed by atoms with van der Waals surface area (Å²) in [6.07, 6.45) is 7.20. The topological polar surface area (TPSA) is 66.4 Å². The Labute approximate surface area is 164 Å². The summed E-state index contributed by atoms with van der Waals surface area (Å²) in [7, 11) is -3.14. The Hall–Kier alpha value is -1.21. The zero-order valence-corrected chi connectivity index (χ0v) is 17.8. The molecule has 2 aliphatic heterocycles. The fraction of sp³-hybridized carbons (Fsp3) is 0.800. The van der Waals surface area contributed by atoms with E-state index in [0.717, 1.165) is 49.7 Å². The van der Waals surface area contributed by atoms with Crippen LogP contribution in [0.3, 0.4) is 0 Å². The fourth-order valence-electron chi connectivity index (χ4n) is 4.13. The van der Waals surface area contributed by atoms with E-state index in [1.807, 2.05) is 20.8 Å². The second-order valence-corrected chi connectivity index (χ2v) is 10.5. The van der Waals surface area contributed by atoms with Gasteiger partial charge >= 0.3 is 0 Å². The lowest BCUT2D eigenvalue weighted by Gasteiger charge is -2.33. The van der Waals surface area contributed by atoms with Crippen LogP contribution < -0.4 is 4.90 Å². The van der Waals surface area contributed by atoms with E-state index in [1.54, 1.807) is 4.31 Å². The second-order valence-electron chi connectivity index (χ2n) is 8.12. The molecule has 0 radical (unpaired) electrons. The summed E-state index contributed by atoms with van der Waals surface area (Å²) >= 11 is 0. The Morgan fingerprint density at radius 3 is 2.41 bits per heavy atom. The molecule has 1 aromatic heterocycles. The molecule has 3 rings (SSSR count). The molecule has 0 aliphatic carbocycles. The van der Waals surface area contributed by atoms with Gasteiger partial charge in [0.25, 0.3) is 0 Å². The quantitative estimate of drug-likeness (QED) is 0.741. The summed E-state index contributed by atoms with van der Waals surface area (Å²) in [5, 5.41) is -0.286. The molecule has 1 aromatic rings. The number of piperidine rings is 2. The molecule has 0 saturated carbocycles. The van der Waals surface area contributed by atoms with Crippen LogP contribution in [0.15, 0.2) is 6.07 Å². The van der Waals surface area contributed by atoms with Gasteiger partial charge in [-0.15, -0.1) is 0 Å². The molecule has 152 valence electrons. The molecule has 2 fully saturated rings. The van der Waals surface area contributed by atoms with Crippen molar-refractivity contribution in [1.82, 2.24) is 14.3 Å². The molecule has 0 N–H and O–H groups in total. The van der Waals surface area contributed by atoms with Crippen molar-refractivity contribution in [3.05, 3.63) is 17.6 Å². The van der Waals surface area contributed by atoms with E-state index in [-0.39, 0.29) is 5.25 Å². The molecule has 2 aliphatic rings. The normalized spacial score (nSPS) is 21.4. The monoisotopic (exact) mass is 394 g/mol. The van der Waals surface area contributed by atoms with Crippen LogP contribution in [0.2, 0.25) is 0 Å². The molecule has 0 spiro atoms. The number of hydrogen-bond acceptors (Lipinski definition) is 5. The SMILES string of the molecule is CC[C@@H](C)S(=O)(=O)N1CCC(Cc2cc(N3CCCCC3)nc(C)n2)CC1. The standard InChI is InChI=1S/C20H34N4O2S/c1-4-16(2)27(25,26)24-12-8-18(9-13-24)14-19-15-20(22-17(3)21-19)23-10-6-5-7-11-23/h15-16,18H,4-14H2,1-3H3/t16-/m1/s1. The first-order chi connectivity index (χ1) is 12.9. The summed E-state index contributed by atoms with van der Waals surface area (Å²) in [5.74, 6) is 2.40. The fourth-order valence-corrected chi connectivity index (χ4v) is 5.78. The molecule has 0 unspecified atom stereocenters. The van der Waals surface area contributed by atoms with Gasteiger partial charge in [-0.05, 0) is 64.7 Å². The lowest BCUT2D eigenvalue weighted by Crippen LogP contribution is -2.42. The van der Waals surface area contributed by atoms with Crippen LogP contribution >= 0.6 is 0 Å². The van der Waals surface area contributed by atoms with Crippen LogP contribution in [-0.4, -0.2) is 54.1 Å². The molecule has 6 nitrogen and oxygen atoms in total. The summed E-state index contributed by atoms with van der Waals surface area (Å²) in [6, 6.07) is 2.15. The van der Waals surface area contributed by atoms with Crippen LogP contribution in [0.4, 0.5) is 5.82 Å². The lowest BCUT2D eigenvalue weighted by atomic mass is 9.93. The third-order valence-corrected chi connectivity index (χ3v) is 8.51. The van der Waals surface area contributed by atoms with Crippen molar-refractivity contribution < 1.29 is 8.42 Å². The average Bonchev–Trinajstić information content (AvgIpc) is 2.68. The third-order valence-electron chi connectivity index (χ3n) is 6.07. The van der Waals surface area contributed by atoms with Crippen LogP contribution in [-0.2, 0) is 16.4 Å². The largest absolute Gasteiger partial charge is 0.357 e.